The zero-order chi connectivity index (χ0) is 21.3. The molecule has 1 heterocycles. The maximum absolute atomic E-state index is 12.7. The Hall–Kier alpha value is -3.03. The molecule has 1 amide bonds. The van der Waals surface area contributed by atoms with Gasteiger partial charge in [-0.15, -0.1) is 0 Å². The van der Waals surface area contributed by atoms with Gasteiger partial charge >= 0.3 is 6.18 Å². The van der Waals surface area contributed by atoms with Gasteiger partial charge in [0, 0.05) is 23.2 Å². The molecule has 0 spiro atoms. The van der Waals surface area contributed by atoms with E-state index in [1.165, 1.54) is 26.4 Å². The Bertz CT molecular complexity index is 1050. The van der Waals surface area contributed by atoms with Gasteiger partial charge < -0.3 is 10.1 Å². The Morgan fingerprint density at radius 3 is 2.47 bits per heavy atom. The van der Waals surface area contributed by atoms with E-state index < -0.39 is 17.6 Å². The fourth-order valence-corrected chi connectivity index (χ4v) is 3.88. The number of methoxy groups -OCH3 is 1. The number of hydrogen-bond donors (Lipinski definition) is 1. The van der Waals surface area contributed by atoms with Gasteiger partial charge in [0.2, 0.25) is 0 Å². The van der Waals surface area contributed by atoms with Crippen LogP contribution in [0, 0.1) is 0 Å². The molecule has 30 heavy (non-hydrogen) atoms. The summed E-state index contributed by atoms with van der Waals surface area (Å²) >= 11 is 0. The molecule has 1 saturated carbocycles. The molecule has 0 aliphatic heterocycles. The SMILES string of the molecule is COc1cc2nn(C3CCCCC3)cc2cc1NC(=O)c1ccc(C(F)(F)F)cc1. The molecule has 1 aromatic heterocycles. The van der Waals surface area contributed by atoms with Crippen LogP contribution in [0.1, 0.15) is 54.1 Å². The lowest BCUT2D eigenvalue weighted by Gasteiger charge is -2.21. The van der Waals surface area contributed by atoms with Crippen molar-refractivity contribution in [2.45, 2.75) is 44.3 Å². The van der Waals surface area contributed by atoms with Crippen molar-refractivity contribution in [3.8, 4) is 5.75 Å². The molecule has 3 aromatic rings. The number of alkyl halides is 3. The van der Waals surface area contributed by atoms with E-state index in [2.05, 4.69) is 10.4 Å². The summed E-state index contributed by atoms with van der Waals surface area (Å²) in [5, 5.41) is 8.27. The molecule has 8 heteroatoms. The molecule has 0 atom stereocenters. The number of carbonyl (C=O) groups is 1. The van der Waals surface area contributed by atoms with E-state index in [0.717, 1.165) is 48.0 Å². The quantitative estimate of drug-likeness (QED) is 0.582. The highest BCUT2D eigenvalue weighted by molar-refractivity contribution is 6.06. The van der Waals surface area contributed by atoms with Gasteiger partial charge in [0.05, 0.1) is 29.9 Å². The van der Waals surface area contributed by atoms with Gasteiger partial charge in [-0.1, -0.05) is 19.3 Å². The smallest absolute Gasteiger partial charge is 0.416 e. The van der Waals surface area contributed by atoms with E-state index in [4.69, 9.17) is 4.74 Å². The predicted octanol–water partition coefficient (Wildman–Crippen LogP) is 5.82. The molecule has 1 aliphatic rings. The van der Waals surface area contributed by atoms with E-state index in [9.17, 15) is 18.0 Å². The summed E-state index contributed by atoms with van der Waals surface area (Å²) in [7, 11) is 1.49. The fourth-order valence-electron chi connectivity index (χ4n) is 3.88. The Labute approximate surface area is 171 Å². The molecule has 0 saturated heterocycles. The molecule has 1 aliphatic carbocycles. The standard InChI is InChI=1S/C22H22F3N3O2/c1-30-20-12-18-15(13-28(27-18)17-5-3-2-4-6-17)11-19(20)26-21(29)14-7-9-16(10-8-14)22(23,24)25/h7-13,17H,2-6H2,1H3,(H,26,29). The van der Waals surface area contributed by atoms with E-state index in [1.807, 2.05) is 10.9 Å². The molecule has 1 N–H and O–H groups in total. The molecule has 2 aromatic carbocycles. The Morgan fingerprint density at radius 2 is 1.83 bits per heavy atom. The first-order valence-electron chi connectivity index (χ1n) is 9.90. The van der Waals surface area contributed by atoms with Crippen LogP contribution in [0.4, 0.5) is 18.9 Å². The number of anilines is 1. The van der Waals surface area contributed by atoms with Crippen LogP contribution >= 0.6 is 0 Å². The first kappa shape index (κ1) is 20.3. The number of amides is 1. The van der Waals surface area contributed by atoms with E-state index in [-0.39, 0.29) is 5.56 Å². The van der Waals surface area contributed by atoms with Crippen LogP contribution in [0.3, 0.4) is 0 Å². The Balaban J connectivity index is 1.58. The number of ether oxygens (including phenoxy) is 1. The topological polar surface area (TPSA) is 56.1 Å². The van der Waals surface area contributed by atoms with Crippen LogP contribution < -0.4 is 10.1 Å². The van der Waals surface area contributed by atoms with Crippen LogP contribution in [0.5, 0.6) is 5.75 Å². The molecule has 4 rings (SSSR count). The number of nitrogens with one attached hydrogen (secondary N) is 1. The number of fused-ring (bicyclic) bond motifs is 1. The van der Waals surface area contributed by atoms with Gasteiger partial charge in [0.15, 0.2) is 0 Å². The maximum Gasteiger partial charge on any atom is 0.416 e. The molecule has 0 unspecified atom stereocenters. The van der Waals surface area contributed by atoms with Crippen molar-refractivity contribution in [2.24, 2.45) is 0 Å². The van der Waals surface area contributed by atoms with E-state index in [0.29, 0.717) is 17.5 Å². The second-order valence-electron chi connectivity index (χ2n) is 7.54. The average molecular weight is 417 g/mol. The first-order valence-corrected chi connectivity index (χ1v) is 9.90. The number of rotatable bonds is 4. The molecular formula is C22H22F3N3O2. The highest BCUT2D eigenvalue weighted by atomic mass is 19.4. The van der Waals surface area contributed by atoms with Gasteiger partial charge in [-0.05, 0) is 43.2 Å². The zero-order valence-electron chi connectivity index (χ0n) is 16.5. The van der Waals surface area contributed by atoms with Gasteiger partial charge in [-0.25, -0.2) is 0 Å². The number of benzene rings is 2. The number of carbonyl (C=O) groups excluding carboxylic acids is 1. The summed E-state index contributed by atoms with van der Waals surface area (Å²) in [5.74, 6) is -0.0716. The lowest BCUT2D eigenvalue weighted by Crippen LogP contribution is -2.13. The minimum absolute atomic E-state index is 0.128. The number of nitrogens with zero attached hydrogens (tertiary/aromatic N) is 2. The largest absolute Gasteiger partial charge is 0.494 e. The highest BCUT2D eigenvalue weighted by Crippen LogP contribution is 2.34. The van der Waals surface area contributed by atoms with E-state index in [1.54, 1.807) is 12.1 Å². The second kappa shape index (κ2) is 8.01. The van der Waals surface area contributed by atoms with Crippen LogP contribution in [-0.4, -0.2) is 22.8 Å². The van der Waals surface area contributed by atoms with Crippen molar-refractivity contribution in [1.82, 2.24) is 9.78 Å². The number of halogens is 3. The maximum atomic E-state index is 12.7. The first-order chi connectivity index (χ1) is 14.3. The highest BCUT2D eigenvalue weighted by Gasteiger charge is 2.30. The fraction of sp³-hybridized carbons (Fsp3) is 0.364. The van der Waals surface area contributed by atoms with Crippen LogP contribution in [0.15, 0.2) is 42.6 Å². The third kappa shape index (κ3) is 4.13. The summed E-state index contributed by atoms with van der Waals surface area (Å²) in [5.41, 5.74) is 0.541. The van der Waals surface area contributed by atoms with Crippen LogP contribution in [0.25, 0.3) is 10.9 Å². The minimum Gasteiger partial charge on any atom is -0.494 e. The van der Waals surface area contributed by atoms with Gasteiger partial charge in [0.25, 0.3) is 5.91 Å². The van der Waals surface area contributed by atoms with Gasteiger partial charge in [-0.2, -0.15) is 18.3 Å². The van der Waals surface area contributed by atoms with Crippen molar-refractivity contribution in [3.05, 3.63) is 53.7 Å². The third-order valence-electron chi connectivity index (χ3n) is 5.51. The van der Waals surface area contributed by atoms with Crippen molar-refractivity contribution in [3.63, 3.8) is 0 Å². The zero-order valence-corrected chi connectivity index (χ0v) is 16.5. The van der Waals surface area contributed by atoms with Gasteiger partial charge in [0.1, 0.15) is 5.75 Å². The average Bonchev–Trinajstić information content (AvgIpc) is 3.16. The monoisotopic (exact) mass is 417 g/mol. The normalized spacial score (nSPS) is 15.3. The summed E-state index contributed by atoms with van der Waals surface area (Å²) in [6, 6.07) is 8.02. The second-order valence-corrected chi connectivity index (χ2v) is 7.54. The molecule has 5 nitrogen and oxygen atoms in total. The number of hydrogen-bond acceptors (Lipinski definition) is 3. The lowest BCUT2D eigenvalue weighted by molar-refractivity contribution is -0.137. The molecule has 0 radical (unpaired) electrons. The van der Waals surface area contributed by atoms with Crippen molar-refractivity contribution >= 4 is 22.5 Å². The number of aromatic nitrogens is 2. The molecular weight excluding hydrogens is 395 g/mol. The minimum atomic E-state index is -4.44. The molecule has 0 bridgehead atoms. The Morgan fingerprint density at radius 1 is 1.13 bits per heavy atom. The van der Waals surface area contributed by atoms with Gasteiger partial charge in [-0.3, -0.25) is 9.48 Å². The summed E-state index contributed by atoms with van der Waals surface area (Å²) in [4.78, 5) is 12.6. The predicted molar refractivity (Wildman–Crippen MR) is 108 cm³/mol. The van der Waals surface area contributed by atoms with E-state index >= 15 is 0 Å². The van der Waals surface area contributed by atoms with Crippen molar-refractivity contribution in [2.75, 3.05) is 12.4 Å². The summed E-state index contributed by atoms with van der Waals surface area (Å²) in [6.07, 6.45) is 3.37. The van der Waals surface area contributed by atoms with Crippen LogP contribution in [-0.2, 0) is 6.18 Å². The van der Waals surface area contributed by atoms with Crippen molar-refractivity contribution in [1.29, 1.82) is 0 Å². The summed E-state index contributed by atoms with van der Waals surface area (Å²) in [6.45, 7) is 0. The van der Waals surface area contributed by atoms with Crippen molar-refractivity contribution < 1.29 is 22.7 Å². The lowest BCUT2D eigenvalue weighted by atomic mass is 9.96. The Kier molecular flexibility index (Phi) is 5.40. The van der Waals surface area contributed by atoms with Crippen LogP contribution in [0.2, 0.25) is 0 Å². The third-order valence-corrected chi connectivity index (χ3v) is 5.51. The molecule has 158 valence electrons. The molecule has 1 fully saturated rings. The summed E-state index contributed by atoms with van der Waals surface area (Å²) < 4.78 is 45.6.